The number of carbonyl (C=O) groups excluding carboxylic acids is 2. The van der Waals surface area contributed by atoms with Gasteiger partial charge in [-0.15, -0.1) is 0 Å². The minimum atomic E-state index is -0.0474. The van der Waals surface area contributed by atoms with Gasteiger partial charge in [-0.25, -0.2) is 0 Å². The molecule has 0 atom stereocenters. The monoisotopic (exact) mass is 439 g/mol. The summed E-state index contributed by atoms with van der Waals surface area (Å²) in [4.78, 5) is 30.7. The normalized spacial score (nSPS) is 17.1. The third kappa shape index (κ3) is 6.21. The zero-order chi connectivity index (χ0) is 22.2. The Balaban J connectivity index is 1.17. The summed E-state index contributed by atoms with van der Waals surface area (Å²) >= 11 is 0. The van der Waals surface area contributed by atoms with Crippen molar-refractivity contribution in [3.63, 3.8) is 0 Å². The lowest BCUT2D eigenvalue weighted by atomic mass is 10.3. The van der Waals surface area contributed by atoms with E-state index in [9.17, 15) is 9.59 Å². The Labute approximate surface area is 188 Å². The summed E-state index contributed by atoms with van der Waals surface area (Å²) in [7, 11) is 0. The number of para-hydroxylation sites is 1. The molecule has 8 heteroatoms. The molecule has 2 amide bonds. The number of hydrogen-bond acceptors (Lipinski definition) is 6. The minimum absolute atomic E-state index is 0.00834. The molecule has 0 bridgehead atoms. The fraction of sp³-hybridized carbons (Fsp3) is 0.417. The van der Waals surface area contributed by atoms with Crippen LogP contribution in [-0.4, -0.2) is 92.1 Å². The molecule has 0 aliphatic carbocycles. The third-order valence-electron chi connectivity index (χ3n) is 5.61. The molecule has 0 radical (unpaired) electrons. The third-order valence-corrected chi connectivity index (χ3v) is 5.61. The Hall–Kier alpha value is -3.10. The lowest BCUT2D eigenvalue weighted by molar-refractivity contribution is -0.138. The van der Waals surface area contributed by atoms with Gasteiger partial charge >= 0.3 is 0 Å². The van der Waals surface area contributed by atoms with Crippen molar-refractivity contribution in [2.24, 2.45) is 0 Å². The summed E-state index contributed by atoms with van der Waals surface area (Å²) in [5.41, 5.74) is 0. The van der Waals surface area contributed by atoms with Crippen molar-refractivity contribution in [3.8, 4) is 17.2 Å². The molecule has 2 aromatic rings. The number of rotatable bonds is 7. The van der Waals surface area contributed by atoms with Crippen LogP contribution in [0.15, 0.2) is 54.6 Å². The second-order valence-electron chi connectivity index (χ2n) is 7.83. The first kappa shape index (κ1) is 22.1. The van der Waals surface area contributed by atoms with Gasteiger partial charge in [0.15, 0.2) is 6.61 Å². The van der Waals surface area contributed by atoms with E-state index in [-0.39, 0.29) is 18.4 Å². The maximum Gasteiger partial charge on any atom is 0.260 e. The van der Waals surface area contributed by atoms with Gasteiger partial charge in [0.05, 0.1) is 19.8 Å². The molecule has 32 heavy (non-hydrogen) atoms. The van der Waals surface area contributed by atoms with Crippen molar-refractivity contribution in [1.29, 1.82) is 0 Å². The van der Waals surface area contributed by atoms with Gasteiger partial charge in [-0.1, -0.05) is 18.2 Å². The van der Waals surface area contributed by atoms with E-state index in [1.807, 2.05) is 47.4 Å². The van der Waals surface area contributed by atoms with E-state index in [4.69, 9.17) is 14.2 Å². The predicted molar refractivity (Wildman–Crippen MR) is 119 cm³/mol. The van der Waals surface area contributed by atoms with Gasteiger partial charge in [-0.3, -0.25) is 14.5 Å². The first-order chi connectivity index (χ1) is 15.7. The van der Waals surface area contributed by atoms with Gasteiger partial charge in [0.1, 0.15) is 17.2 Å². The summed E-state index contributed by atoms with van der Waals surface area (Å²) in [6.07, 6.45) is 0. The first-order valence-electron chi connectivity index (χ1n) is 11.0. The number of nitrogens with zero attached hydrogens (tertiary/aromatic N) is 3. The highest BCUT2D eigenvalue weighted by Gasteiger charge is 2.25. The van der Waals surface area contributed by atoms with Crippen LogP contribution in [0.25, 0.3) is 0 Å². The summed E-state index contributed by atoms with van der Waals surface area (Å²) in [6.45, 7) is 5.50. The number of morpholine rings is 1. The standard InChI is InChI=1S/C24H29N3O5/c28-23(27-14-16-30-17-15-27)18-25-10-12-26(13-11-25)24(29)19-31-20-6-8-22(9-7-20)32-21-4-2-1-3-5-21/h1-9H,10-19H2. The van der Waals surface area contributed by atoms with Gasteiger partial charge in [0, 0.05) is 39.3 Å². The van der Waals surface area contributed by atoms with E-state index in [1.165, 1.54) is 0 Å². The highest BCUT2D eigenvalue weighted by atomic mass is 16.5. The number of ether oxygens (including phenoxy) is 3. The van der Waals surface area contributed by atoms with E-state index in [1.54, 1.807) is 17.0 Å². The molecule has 2 aliphatic rings. The molecule has 0 N–H and O–H groups in total. The van der Waals surface area contributed by atoms with Crippen LogP contribution in [0.3, 0.4) is 0 Å². The van der Waals surface area contributed by atoms with Crippen LogP contribution >= 0.6 is 0 Å². The number of benzene rings is 2. The molecular weight excluding hydrogens is 410 g/mol. The van der Waals surface area contributed by atoms with Gasteiger partial charge in [0.25, 0.3) is 5.91 Å². The molecule has 2 aliphatic heterocycles. The largest absolute Gasteiger partial charge is 0.484 e. The van der Waals surface area contributed by atoms with Crippen molar-refractivity contribution in [2.45, 2.75) is 0 Å². The Bertz CT molecular complexity index is 876. The molecule has 2 aromatic carbocycles. The van der Waals surface area contributed by atoms with Crippen LogP contribution in [0.1, 0.15) is 0 Å². The minimum Gasteiger partial charge on any atom is -0.484 e. The molecule has 4 rings (SSSR count). The highest BCUT2D eigenvalue weighted by molar-refractivity contribution is 5.79. The van der Waals surface area contributed by atoms with Gasteiger partial charge in [-0.2, -0.15) is 0 Å². The first-order valence-corrected chi connectivity index (χ1v) is 11.0. The Morgan fingerprint density at radius 1 is 0.719 bits per heavy atom. The van der Waals surface area contributed by atoms with Crippen LogP contribution in [-0.2, 0) is 14.3 Å². The van der Waals surface area contributed by atoms with Crippen LogP contribution in [0.5, 0.6) is 17.2 Å². The SMILES string of the molecule is O=C(COc1ccc(Oc2ccccc2)cc1)N1CCN(CC(=O)N2CCOCC2)CC1. The van der Waals surface area contributed by atoms with Crippen LogP contribution in [0, 0.1) is 0 Å². The van der Waals surface area contributed by atoms with E-state index >= 15 is 0 Å². The molecular formula is C24H29N3O5. The maximum absolute atomic E-state index is 12.5. The molecule has 2 fully saturated rings. The number of carbonyl (C=O) groups is 2. The van der Waals surface area contributed by atoms with Gasteiger partial charge in [-0.05, 0) is 36.4 Å². The lowest BCUT2D eigenvalue weighted by Gasteiger charge is -2.36. The zero-order valence-corrected chi connectivity index (χ0v) is 18.2. The molecule has 0 spiro atoms. The quantitative estimate of drug-likeness (QED) is 0.656. The average molecular weight is 440 g/mol. The molecule has 0 aromatic heterocycles. The average Bonchev–Trinajstić information content (AvgIpc) is 2.85. The molecule has 170 valence electrons. The van der Waals surface area contributed by atoms with Crippen LogP contribution < -0.4 is 9.47 Å². The Morgan fingerprint density at radius 3 is 2.00 bits per heavy atom. The molecule has 0 unspecified atom stereocenters. The number of amides is 2. The molecule has 8 nitrogen and oxygen atoms in total. The van der Waals surface area contributed by atoms with Crippen molar-refractivity contribution < 1.29 is 23.8 Å². The summed E-state index contributed by atoms with van der Waals surface area (Å²) < 4.78 is 16.7. The van der Waals surface area contributed by atoms with Crippen molar-refractivity contribution in [2.75, 3.05) is 65.6 Å². The lowest BCUT2D eigenvalue weighted by Crippen LogP contribution is -2.53. The van der Waals surface area contributed by atoms with Crippen molar-refractivity contribution >= 4 is 11.8 Å². The number of hydrogen-bond donors (Lipinski definition) is 0. The van der Waals surface area contributed by atoms with E-state index in [0.717, 1.165) is 5.75 Å². The highest BCUT2D eigenvalue weighted by Crippen LogP contribution is 2.23. The second kappa shape index (κ2) is 11.0. The van der Waals surface area contributed by atoms with Crippen LogP contribution in [0.4, 0.5) is 0 Å². The second-order valence-corrected chi connectivity index (χ2v) is 7.83. The predicted octanol–water partition coefficient (Wildman–Crippen LogP) is 1.86. The van der Waals surface area contributed by atoms with Crippen molar-refractivity contribution in [1.82, 2.24) is 14.7 Å². The fourth-order valence-electron chi connectivity index (χ4n) is 3.72. The summed E-state index contributed by atoms with van der Waals surface area (Å²) in [5.74, 6) is 2.18. The Morgan fingerprint density at radius 2 is 1.31 bits per heavy atom. The van der Waals surface area contributed by atoms with Gasteiger partial charge in [0.2, 0.25) is 5.91 Å². The number of piperazine rings is 1. The molecule has 0 saturated carbocycles. The Kier molecular flexibility index (Phi) is 7.58. The van der Waals surface area contributed by atoms with Crippen molar-refractivity contribution in [3.05, 3.63) is 54.6 Å². The maximum atomic E-state index is 12.5. The summed E-state index contributed by atoms with van der Waals surface area (Å²) in [6, 6.07) is 16.8. The fourth-order valence-corrected chi connectivity index (χ4v) is 3.72. The van der Waals surface area contributed by atoms with Gasteiger partial charge < -0.3 is 24.0 Å². The van der Waals surface area contributed by atoms with E-state index < -0.39 is 0 Å². The topological polar surface area (TPSA) is 71.6 Å². The molecule has 2 heterocycles. The molecule has 2 saturated heterocycles. The van der Waals surface area contributed by atoms with Crippen LogP contribution in [0.2, 0.25) is 0 Å². The smallest absolute Gasteiger partial charge is 0.260 e. The van der Waals surface area contributed by atoms with E-state index in [0.29, 0.717) is 70.5 Å². The summed E-state index contributed by atoms with van der Waals surface area (Å²) in [5, 5.41) is 0. The van der Waals surface area contributed by atoms with E-state index in [2.05, 4.69) is 4.90 Å². The zero-order valence-electron chi connectivity index (χ0n) is 18.2.